The van der Waals surface area contributed by atoms with Crippen LogP contribution in [0.15, 0.2) is 24.3 Å². The van der Waals surface area contributed by atoms with Crippen LogP contribution in [0.25, 0.3) is 0 Å². The summed E-state index contributed by atoms with van der Waals surface area (Å²) < 4.78 is 4.93. The fraction of sp³-hybridized carbons (Fsp3) is 0.556. The number of hydrogen-bond acceptors (Lipinski definition) is 3. The second-order valence-electron chi connectivity index (χ2n) is 7.20. The SMILES string of the molecule is CC1(C)CCCCC1NC(=O)Nc1ccc(N2CCOC2=O)cc1. The van der Waals surface area contributed by atoms with Crippen LogP contribution in [0.5, 0.6) is 0 Å². The molecule has 0 radical (unpaired) electrons. The van der Waals surface area contributed by atoms with E-state index in [0.717, 1.165) is 24.9 Å². The molecular weight excluding hydrogens is 306 g/mol. The largest absolute Gasteiger partial charge is 0.447 e. The Morgan fingerprint density at radius 1 is 1.25 bits per heavy atom. The normalized spacial score (nSPS) is 22.8. The third-order valence-electron chi connectivity index (χ3n) is 5.01. The van der Waals surface area contributed by atoms with Crippen molar-refractivity contribution >= 4 is 23.5 Å². The van der Waals surface area contributed by atoms with E-state index in [-0.39, 0.29) is 23.6 Å². The monoisotopic (exact) mass is 331 g/mol. The molecule has 3 rings (SSSR count). The van der Waals surface area contributed by atoms with Gasteiger partial charge in [-0.05, 0) is 42.5 Å². The van der Waals surface area contributed by atoms with E-state index in [1.165, 1.54) is 6.42 Å². The Morgan fingerprint density at radius 2 is 2.00 bits per heavy atom. The first kappa shape index (κ1) is 16.6. The average molecular weight is 331 g/mol. The minimum atomic E-state index is -0.326. The topological polar surface area (TPSA) is 70.7 Å². The van der Waals surface area contributed by atoms with Gasteiger partial charge >= 0.3 is 12.1 Å². The molecule has 2 aliphatic rings. The van der Waals surface area contributed by atoms with Gasteiger partial charge in [-0.2, -0.15) is 0 Å². The third-order valence-corrected chi connectivity index (χ3v) is 5.01. The molecule has 1 aliphatic heterocycles. The fourth-order valence-corrected chi connectivity index (χ4v) is 3.44. The van der Waals surface area contributed by atoms with Gasteiger partial charge in [-0.15, -0.1) is 0 Å². The number of carbonyl (C=O) groups excluding carboxylic acids is 2. The van der Waals surface area contributed by atoms with E-state index in [4.69, 9.17) is 4.74 Å². The first-order valence-corrected chi connectivity index (χ1v) is 8.58. The number of ether oxygens (including phenoxy) is 1. The molecule has 1 aromatic rings. The highest BCUT2D eigenvalue weighted by molar-refractivity contribution is 5.91. The number of nitrogens with zero attached hydrogens (tertiary/aromatic N) is 1. The summed E-state index contributed by atoms with van der Waals surface area (Å²) in [7, 11) is 0. The van der Waals surface area contributed by atoms with Crippen molar-refractivity contribution < 1.29 is 14.3 Å². The first-order chi connectivity index (χ1) is 11.5. The van der Waals surface area contributed by atoms with Gasteiger partial charge in [0.2, 0.25) is 0 Å². The van der Waals surface area contributed by atoms with E-state index in [9.17, 15) is 9.59 Å². The maximum absolute atomic E-state index is 12.3. The highest BCUT2D eigenvalue weighted by Crippen LogP contribution is 2.35. The molecule has 6 nitrogen and oxygen atoms in total. The van der Waals surface area contributed by atoms with Crippen molar-refractivity contribution in [1.82, 2.24) is 5.32 Å². The average Bonchev–Trinajstić information content (AvgIpc) is 2.96. The van der Waals surface area contributed by atoms with Gasteiger partial charge in [0.25, 0.3) is 0 Å². The molecule has 3 amide bonds. The number of urea groups is 1. The van der Waals surface area contributed by atoms with Crippen molar-refractivity contribution in [3.63, 3.8) is 0 Å². The summed E-state index contributed by atoms with van der Waals surface area (Å²) in [6, 6.07) is 7.24. The minimum Gasteiger partial charge on any atom is -0.447 e. The van der Waals surface area contributed by atoms with Crippen LogP contribution in [-0.4, -0.2) is 31.3 Å². The standard InChI is InChI=1S/C18H25N3O3/c1-18(2)10-4-3-5-15(18)20-16(22)19-13-6-8-14(9-7-13)21-11-12-24-17(21)23/h6-9,15H,3-5,10-12H2,1-2H3,(H2,19,20,22). The van der Waals surface area contributed by atoms with Crippen molar-refractivity contribution in [3.05, 3.63) is 24.3 Å². The Labute approximate surface area is 142 Å². The van der Waals surface area contributed by atoms with E-state index in [1.807, 2.05) is 12.1 Å². The van der Waals surface area contributed by atoms with Crippen molar-refractivity contribution in [1.29, 1.82) is 0 Å². The fourth-order valence-electron chi connectivity index (χ4n) is 3.44. The van der Waals surface area contributed by atoms with Crippen LogP contribution in [0, 0.1) is 5.41 Å². The maximum Gasteiger partial charge on any atom is 0.414 e. The number of cyclic esters (lactones) is 1. The predicted octanol–water partition coefficient (Wildman–Crippen LogP) is 3.73. The van der Waals surface area contributed by atoms with Crippen LogP contribution >= 0.6 is 0 Å². The number of benzene rings is 1. The Kier molecular flexibility index (Phi) is 4.64. The number of anilines is 2. The number of rotatable bonds is 3. The molecule has 0 bridgehead atoms. The van der Waals surface area contributed by atoms with Gasteiger partial charge < -0.3 is 15.4 Å². The number of hydrogen-bond donors (Lipinski definition) is 2. The van der Waals surface area contributed by atoms with Crippen LogP contribution < -0.4 is 15.5 Å². The zero-order valence-electron chi connectivity index (χ0n) is 14.3. The highest BCUT2D eigenvalue weighted by Gasteiger charge is 2.33. The van der Waals surface area contributed by atoms with Gasteiger partial charge in [-0.1, -0.05) is 26.7 Å². The second kappa shape index (κ2) is 6.71. The van der Waals surface area contributed by atoms with Crippen LogP contribution in [0.4, 0.5) is 21.0 Å². The molecule has 0 spiro atoms. The number of carbonyl (C=O) groups is 2. The zero-order valence-corrected chi connectivity index (χ0v) is 14.3. The van der Waals surface area contributed by atoms with Gasteiger partial charge in [0.15, 0.2) is 0 Å². The molecule has 1 aliphatic carbocycles. The van der Waals surface area contributed by atoms with Crippen LogP contribution in [-0.2, 0) is 4.74 Å². The Morgan fingerprint density at radius 3 is 2.62 bits per heavy atom. The highest BCUT2D eigenvalue weighted by atomic mass is 16.6. The van der Waals surface area contributed by atoms with Gasteiger partial charge in [-0.3, -0.25) is 4.90 Å². The summed E-state index contributed by atoms with van der Waals surface area (Å²) in [5.74, 6) is 0. The minimum absolute atomic E-state index is 0.134. The molecule has 1 saturated carbocycles. The summed E-state index contributed by atoms with van der Waals surface area (Å²) >= 11 is 0. The number of nitrogens with one attached hydrogen (secondary N) is 2. The molecule has 1 aromatic carbocycles. The third kappa shape index (κ3) is 3.63. The van der Waals surface area contributed by atoms with E-state index in [1.54, 1.807) is 17.0 Å². The van der Waals surface area contributed by atoms with E-state index >= 15 is 0 Å². The summed E-state index contributed by atoms with van der Waals surface area (Å²) in [5.41, 5.74) is 1.62. The van der Waals surface area contributed by atoms with Crippen LogP contribution in [0.1, 0.15) is 39.5 Å². The maximum atomic E-state index is 12.3. The summed E-state index contributed by atoms with van der Waals surface area (Å²) in [5, 5.41) is 5.97. The van der Waals surface area contributed by atoms with E-state index in [2.05, 4.69) is 24.5 Å². The van der Waals surface area contributed by atoms with E-state index in [0.29, 0.717) is 18.8 Å². The van der Waals surface area contributed by atoms with Crippen molar-refractivity contribution in [2.45, 2.75) is 45.6 Å². The predicted molar refractivity (Wildman–Crippen MR) is 93.3 cm³/mol. The molecule has 130 valence electrons. The lowest BCUT2D eigenvalue weighted by atomic mass is 9.73. The van der Waals surface area contributed by atoms with Gasteiger partial charge in [0.1, 0.15) is 6.61 Å². The molecular formula is C18H25N3O3. The molecule has 1 atom stereocenters. The lowest BCUT2D eigenvalue weighted by Gasteiger charge is -2.38. The summed E-state index contributed by atoms with van der Waals surface area (Å²) in [6.45, 7) is 5.39. The van der Waals surface area contributed by atoms with Crippen molar-refractivity contribution in [2.24, 2.45) is 5.41 Å². The molecule has 1 unspecified atom stereocenters. The number of amides is 3. The molecule has 1 heterocycles. The smallest absolute Gasteiger partial charge is 0.414 e. The molecule has 0 aromatic heterocycles. The lowest BCUT2D eigenvalue weighted by molar-refractivity contribution is 0.170. The van der Waals surface area contributed by atoms with Crippen molar-refractivity contribution in [3.8, 4) is 0 Å². The zero-order chi connectivity index (χ0) is 17.2. The quantitative estimate of drug-likeness (QED) is 0.886. The second-order valence-corrected chi connectivity index (χ2v) is 7.20. The molecule has 1 saturated heterocycles. The first-order valence-electron chi connectivity index (χ1n) is 8.58. The Balaban J connectivity index is 1.57. The van der Waals surface area contributed by atoms with Crippen molar-refractivity contribution in [2.75, 3.05) is 23.4 Å². The van der Waals surface area contributed by atoms with Gasteiger partial charge in [0, 0.05) is 17.4 Å². The lowest BCUT2D eigenvalue weighted by Crippen LogP contribution is -2.48. The Bertz CT molecular complexity index is 612. The molecule has 2 N–H and O–H groups in total. The molecule has 6 heteroatoms. The summed E-state index contributed by atoms with van der Waals surface area (Å²) in [4.78, 5) is 25.4. The van der Waals surface area contributed by atoms with E-state index < -0.39 is 0 Å². The van der Waals surface area contributed by atoms with Gasteiger partial charge in [-0.25, -0.2) is 9.59 Å². The molecule has 2 fully saturated rings. The summed E-state index contributed by atoms with van der Waals surface area (Å²) in [6.07, 6.45) is 4.23. The Hall–Kier alpha value is -2.24. The van der Waals surface area contributed by atoms with Gasteiger partial charge in [0.05, 0.1) is 6.54 Å². The van der Waals surface area contributed by atoms with Crippen LogP contribution in [0.2, 0.25) is 0 Å². The molecule has 24 heavy (non-hydrogen) atoms. The van der Waals surface area contributed by atoms with Crippen LogP contribution in [0.3, 0.4) is 0 Å².